The van der Waals surface area contributed by atoms with Gasteiger partial charge in [-0.25, -0.2) is 0 Å². The highest BCUT2D eigenvalue weighted by Gasteiger charge is 2.11. The number of methoxy groups -OCH3 is 1. The van der Waals surface area contributed by atoms with Gasteiger partial charge in [0.15, 0.2) is 0 Å². The van der Waals surface area contributed by atoms with Gasteiger partial charge in [0.05, 0.1) is 18.5 Å². The fourth-order valence-electron chi connectivity index (χ4n) is 2.20. The molecule has 1 aromatic heterocycles. The summed E-state index contributed by atoms with van der Waals surface area (Å²) in [6.45, 7) is 3.31. The average molecular weight is 272 g/mol. The fraction of sp³-hybridized carbons (Fsp3) is 0.375. The first kappa shape index (κ1) is 14.5. The van der Waals surface area contributed by atoms with Gasteiger partial charge in [0.2, 0.25) is 0 Å². The Morgan fingerprint density at radius 2 is 2.15 bits per heavy atom. The zero-order valence-electron chi connectivity index (χ0n) is 11.9. The Kier molecular flexibility index (Phi) is 5.07. The largest absolute Gasteiger partial charge is 0.469 e. The van der Waals surface area contributed by atoms with E-state index in [9.17, 15) is 4.79 Å². The van der Waals surface area contributed by atoms with E-state index in [-0.39, 0.29) is 11.9 Å². The average Bonchev–Trinajstić information content (AvgIpc) is 2.50. The number of nitrogens with one attached hydrogen (secondary N) is 1. The lowest BCUT2D eigenvalue weighted by Gasteiger charge is -2.11. The van der Waals surface area contributed by atoms with E-state index in [4.69, 9.17) is 4.74 Å². The van der Waals surface area contributed by atoms with Crippen LogP contribution < -0.4 is 5.32 Å². The Bertz CT molecular complexity index is 578. The van der Waals surface area contributed by atoms with Crippen LogP contribution in [0.1, 0.15) is 12.5 Å². The van der Waals surface area contributed by atoms with Crippen molar-refractivity contribution in [2.45, 2.75) is 13.3 Å². The van der Waals surface area contributed by atoms with Gasteiger partial charge in [-0.2, -0.15) is 0 Å². The molecule has 1 aromatic carbocycles. The number of carbonyl (C=O) groups is 1. The summed E-state index contributed by atoms with van der Waals surface area (Å²) in [5.41, 5.74) is 2.28. The molecule has 0 bridgehead atoms. The number of hydrogen-bond donors (Lipinski definition) is 1. The Balaban J connectivity index is 1.89. The second kappa shape index (κ2) is 7.01. The molecule has 0 aliphatic carbocycles. The molecule has 1 unspecified atom stereocenters. The first-order chi connectivity index (χ1) is 9.72. The monoisotopic (exact) mass is 272 g/mol. The maximum atomic E-state index is 11.3. The zero-order chi connectivity index (χ0) is 14.4. The molecule has 0 aliphatic heterocycles. The summed E-state index contributed by atoms with van der Waals surface area (Å²) in [5, 5.41) is 4.45. The lowest BCUT2D eigenvalue weighted by molar-refractivity contribution is -0.144. The van der Waals surface area contributed by atoms with Gasteiger partial charge in [-0.1, -0.05) is 31.2 Å². The summed E-state index contributed by atoms with van der Waals surface area (Å²) in [6, 6.07) is 10.2. The van der Waals surface area contributed by atoms with Crippen molar-refractivity contribution in [3.8, 4) is 0 Å². The molecule has 0 aliphatic rings. The number of para-hydroxylation sites is 1. The number of nitrogens with zero attached hydrogens (tertiary/aromatic N) is 1. The Morgan fingerprint density at radius 1 is 1.35 bits per heavy atom. The number of hydrogen-bond acceptors (Lipinski definition) is 4. The van der Waals surface area contributed by atoms with Crippen molar-refractivity contribution in [2.24, 2.45) is 5.92 Å². The van der Waals surface area contributed by atoms with Crippen LogP contribution in [0, 0.1) is 5.92 Å². The van der Waals surface area contributed by atoms with Gasteiger partial charge in [-0.3, -0.25) is 9.78 Å². The summed E-state index contributed by atoms with van der Waals surface area (Å²) in [4.78, 5) is 15.7. The van der Waals surface area contributed by atoms with Crippen LogP contribution in [0.4, 0.5) is 0 Å². The highest BCUT2D eigenvalue weighted by molar-refractivity contribution is 5.81. The standard InChI is InChI=1S/C16H20N2O2/c1-12(16(19)20-2)11-17-10-8-14-6-3-5-13-7-4-9-18-15(13)14/h3-7,9,12,17H,8,10-11H2,1-2H3. The molecule has 0 saturated heterocycles. The predicted molar refractivity (Wildman–Crippen MR) is 79.5 cm³/mol. The molecule has 4 heteroatoms. The maximum Gasteiger partial charge on any atom is 0.309 e. The number of fused-ring (bicyclic) bond motifs is 1. The molecule has 106 valence electrons. The van der Waals surface area contributed by atoms with Crippen molar-refractivity contribution in [1.29, 1.82) is 0 Å². The molecule has 1 N–H and O–H groups in total. The van der Waals surface area contributed by atoms with Crippen LogP contribution in [0.2, 0.25) is 0 Å². The molecule has 2 rings (SSSR count). The topological polar surface area (TPSA) is 51.2 Å². The van der Waals surface area contributed by atoms with Crippen LogP contribution in [-0.2, 0) is 16.0 Å². The van der Waals surface area contributed by atoms with E-state index >= 15 is 0 Å². The third-order valence-corrected chi connectivity index (χ3v) is 3.34. The highest BCUT2D eigenvalue weighted by Crippen LogP contribution is 2.15. The van der Waals surface area contributed by atoms with Gasteiger partial charge in [0.1, 0.15) is 0 Å². The number of rotatable bonds is 6. The van der Waals surface area contributed by atoms with Crippen molar-refractivity contribution in [3.05, 3.63) is 42.1 Å². The summed E-state index contributed by atoms with van der Waals surface area (Å²) >= 11 is 0. The van der Waals surface area contributed by atoms with Crippen molar-refractivity contribution in [3.63, 3.8) is 0 Å². The van der Waals surface area contributed by atoms with Crippen LogP contribution in [0.3, 0.4) is 0 Å². The van der Waals surface area contributed by atoms with Crippen LogP contribution in [-0.4, -0.2) is 31.2 Å². The van der Waals surface area contributed by atoms with Crippen LogP contribution in [0.5, 0.6) is 0 Å². The van der Waals surface area contributed by atoms with E-state index in [1.165, 1.54) is 12.7 Å². The molecule has 0 saturated carbocycles. The lowest BCUT2D eigenvalue weighted by Crippen LogP contribution is -2.28. The fourth-order valence-corrected chi connectivity index (χ4v) is 2.20. The quantitative estimate of drug-likeness (QED) is 0.647. The van der Waals surface area contributed by atoms with E-state index < -0.39 is 0 Å². The predicted octanol–water partition coefficient (Wildman–Crippen LogP) is 2.18. The van der Waals surface area contributed by atoms with Gasteiger partial charge >= 0.3 is 5.97 Å². The Hall–Kier alpha value is -1.94. The number of aromatic nitrogens is 1. The second-order valence-corrected chi connectivity index (χ2v) is 4.87. The van der Waals surface area contributed by atoms with Crippen molar-refractivity contribution in [2.75, 3.05) is 20.2 Å². The Morgan fingerprint density at radius 3 is 2.95 bits per heavy atom. The molecule has 2 aromatic rings. The van der Waals surface area contributed by atoms with E-state index in [0.29, 0.717) is 6.54 Å². The molecule has 20 heavy (non-hydrogen) atoms. The van der Waals surface area contributed by atoms with E-state index in [2.05, 4.69) is 34.6 Å². The molecule has 0 spiro atoms. The smallest absolute Gasteiger partial charge is 0.309 e. The van der Waals surface area contributed by atoms with Crippen LogP contribution in [0.15, 0.2) is 36.5 Å². The molecule has 1 atom stereocenters. The second-order valence-electron chi connectivity index (χ2n) is 4.87. The summed E-state index contributed by atoms with van der Waals surface area (Å²) in [7, 11) is 1.42. The van der Waals surface area contributed by atoms with E-state index in [1.807, 2.05) is 19.2 Å². The zero-order valence-corrected chi connectivity index (χ0v) is 11.9. The van der Waals surface area contributed by atoms with Gasteiger partial charge in [-0.05, 0) is 24.6 Å². The normalized spacial score (nSPS) is 12.3. The first-order valence-electron chi connectivity index (χ1n) is 6.83. The third kappa shape index (κ3) is 3.54. The van der Waals surface area contributed by atoms with Gasteiger partial charge < -0.3 is 10.1 Å². The molecular weight excluding hydrogens is 252 g/mol. The number of ether oxygens (including phenoxy) is 1. The van der Waals surface area contributed by atoms with Crippen molar-refractivity contribution < 1.29 is 9.53 Å². The van der Waals surface area contributed by atoms with Crippen molar-refractivity contribution in [1.82, 2.24) is 10.3 Å². The third-order valence-electron chi connectivity index (χ3n) is 3.34. The lowest BCUT2D eigenvalue weighted by atomic mass is 10.1. The molecule has 1 heterocycles. The van der Waals surface area contributed by atoms with Crippen LogP contribution >= 0.6 is 0 Å². The number of pyridine rings is 1. The summed E-state index contributed by atoms with van der Waals surface area (Å²) < 4.78 is 4.70. The SMILES string of the molecule is COC(=O)C(C)CNCCc1cccc2cccnc12. The van der Waals surface area contributed by atoms with Crippen molar-refractivity contribution >= 4 is 16.9 Å². The maximum absolute atomic E-state index is 11.3. The van der Waals surface area contributed by atoms with E-state index in [1.54, 1.807) is 0 Å². The van der Waals surface area contributed by atoms with Crippen LogP contribution in [0.25, 0.3) is 10.9 Å². The first-order valence-corrected chi connectivity index (χ1v) is 6.83. The highest BCUT2D eigenvalue weighted by atomic mass is 16.5. The molecular formula is C16H20N2O2. The summed E-state index contributed by atoms with van der Waals surface area (Å²) in [6.07, 6.45) is 2.71. The van der Waals surface area contributed by atoms with Gasteiger partial charge in [0, 0.05) is 18.1 Å². The molecule has 0 radical (unpaired) electrons. The van der Waals surface area contributed by atoms with Gasteiger partial charge in [-0.15, -0.1) is 0 Å². The van der Waals surface area contributed by atoms with E-state index in [0.717, 1.165) is 23.9 Å². The summed E-state index contributed by atoms with van der Waals surface area (Å²) in [5.74, 6) is -0.296. The molecule has 0 fully saturated rings. The molecule has 4 nitrogen and oxygen atoms in total. The van der Waals surface area contributed by atoms with Gasteiger partial charge in [0.25, 0.3) is 0 Å². The minimum absolute atomic E-state index is 0.120. The number of carbonyl (C=O) groups excluding carboxylic acids is 1. The molecule has 0 amide bonds. The Labute approximate surface area is 119 Å². The minimum atomic E-state index is -0.177. The number of benzene rings is 1. The minimum Gasteiger partial charge on any atom is -0.469 e. The number of esters is 1.